The van der Waals surface area contributed by atoms with E-state index in [9.17, 15) is 36.7 Å². The maximum Gasteiger partial charge on any atom is 0.465 e. The minimum atomic E-state index is -6.01. The number of ketones is 1. The number of hydrogen-bond donors (Lipinski definition) is 2. The van der Waals surface area contributed by atoms with Gasteiger partial charge in [-0.25, -0.2) is 4.79 Å². The van der Waals surface area contributed by atoms with Crippen molar-refractivity contribution >= 4 is 27.8 Å². The number of ether oxygens (including phenoxy) is 2. The summed E-state index contributed by atoms with van der Waals surface area (Å²) in [5.41, 5.74) is -0.793. The molecule has 4 saturated carbocycles. The molecule has 12 heteroatoms. The average Bonchev–Trinajstić information content (AvgIpc) is 2.60. The van der Waals surface area contributed by atoms with Crippen LogP contribution in [0.5, 0.6) is 0 Å². The summed E-state index contributed by atoms with van der Waals surface area (Å²) in [5, 5.41) is 4.50. The molecule has 0 aliphatic heterocycles. The van der Waals surface area contributed by atoms with Crippen molar-refractivity contribution in [2.24, 2.45) is 23.2 Å². The van der Waals surface area contributed by atoms with Crippen molar-refractivity contribution in [3.8, 4) is 0 Å². The quantitative estimate of drug-likeness (QED) is 0.434. The molecule has 4 rings (SSSR count). The van der Waals surface area contributed by atoms with Crippen LogP contribution < -0.4 is 0 Å². The topological polar surface area (TPSA) is 144 Å². The highest BCUT2D eigenvalue weighted by molar-refractivity contribution is 7.87. The molecule has 3 unspecified atom stereocenters. The Morgan fingerprint density at radius 2 is 1.68 bits per heavy atom. The van der Waals surface area contributed by atoms with Crippen molar-refractivity contribution in [1.29, 1.82) is 0 Å². The van der Waals surface area contributed by atoms with Gasteiger partial charge in [-0.3, -0.25) is 14.1 Å². The Bertz CT molecular complexity index is 776. The van der Waals surface area contributed by atoms with Gasteiger partial charge in [0.15, 0.2) is 0 Å². The molecular formula is C16H20F2O9S. The Hall–Kier alpha value is -1.66. The van der Waals surface area contributed by atoms with Gasteiger partial charge in [-0.2, -0.15) is 17.2 Å². The summed E-state index contributed by atoms with van der Waals surface area (Å²) < 4.78 is 64.3. The van der Waals surface area contributed by atoms with Gasteiger partial charge >= 0.3 is 27.3 Å². The molecule has 158 valence electrons. The highest BCUT2D eigenvalue weighted by Gasteiger charge is 2.59. The fourth-order valence-electron chi connectivity index (χ4n) is 4.73. The van der Waals surface area contributed by atoms with Crippen LogP contribution >= 0.6 is 0 Å². The smallest absolute Gasteiger partial charge is 0.462 e. The number of esters is 2. The Morgan fingerprint density at radius 1 is 1.14 bits per heavy atom. The van der Waals surface area contributed by atoms with E-state index in [1.165, 1.54) is 0 Å². The average molecular weight is 426 g/mol. The minimum absolute atomic E-state index is 0.160. The predicted octanol–water partition coefficient (Wildman–Crippen LogP) is 0.310. The first kappa shape index (κ1) is 21.1. The third-order valence-electron chi connectivity index (χ3n) is 5.80. The van der Waals surface area contributed by atoms with Gasteiger partial charge in [0.25, 0.3) is 0 Å². The second-order valence-electron chi connectivity index (χ2n) is 7.87. The summed E-state index contributed by atoms with van der Waals surface area (Å²) in [6, 6.07) is 0. The lowest BCUT2D eigenvalue weighted by molar-refractivity contribution is -0.178. The first-order valence-electron chi connectivity index (χ1n) is 8.77. The predicted molar refractivity (Wildman–Crippen MR) is 85.4 cm³/mol. The summed E-state index contributed by atoms with van der Waals surface area (Å²) in [6.45, 7) is -1.71. The fraction of sp³-hybridized carbons (Fsp3) is 0.812. The maximum atomic E-state index is 13.0. The second-order valence-corrected chi connectivity index (χ2v) is 9.33. The van der Waals surface area contributed by atoms with Gasteiger partial charge in [0.2, 0.25) is 0 Å². The number of carbonyl (C=O) groups is 3. The van der Waals surface area contributed by atoms with E-state index >= 15 is 0 Å². The van der Waals surface area contributed by atoms with Crippen molar-refractivity contribution in [3.63, 3.8) is 0 Å². The summed E-state index contributed by atoms with van der Waals surface area (Å²) in [7, 11) is -6.01. The highest BCUT2D eigenvalue weighted by atomic mass is 32.2. The maximum absolute atomic E-state index is 13.0. The molecule has 0 radical (unpaired) electrons. The summed E-state index contributed by atoms with van der Waals surface area (Å²) in [6.07, 6.45) is 1.25. The molecule has 0 saturated heterocycles. The third kappa shape index (κ3) is 3.64. The zero-order chi connectivity index (χ0) is 20.9. The molecule has 4 aliphatic carbocycles. The Morgan fingerprint density at radius 3 is 2.21 bits per heavy atom. The van der Waals surface area contributed by atoms with Crippen LogP contribution in [-0.2, 0) is 34.0 Å². The molecule has 4 fully saturated rings. The van der Waals surface area contributed by atoms with Crippen LogP contribution in [0.1, 0.15) is 32.1 Å². The van der Waals surface area contributed by atoms with Crippen LogP contribution in [0.2, 0.25) is 0 Å². The van der Waals surface area contributed by atoms with Gasteiger partial charge in [0.05, 0.1) is 5.41 Å². The fourth-order valence-corrected chi connectivity index (χ4v) is 5.00. The second kappa shape index (κ2) is 6.99. The van der Waals surface area contributed by atoms with Crippen LogP contribution in [0.3, 0.4) is 0 Å². The number of rotatable bonds is 7. The highest BCUT2D eigenvalue weighted by Crippen LogP contribution is 2.59. The first-order chi connectivity index (χ1) is 12.9. The van der Waals surface area contributed by atoms with E-state index in [2.05, 4.69) is 4.74 Å². The van der Waals surface area contributed by atoms with Crippen LogP contribution in [-0.4, -0.2) is 60.4 Å². The lowest BCUT2D eigenvalue weighted by Gasteiger charge is -2.53. The third-order valence-corrected chi connectivity index (χ3v) is 6.62. The summed E-state index contributed by atoms with van der Waals surface area (Å²) >= 11 is 0. The molecule has 0 amide bonds. The molecule has 28 heavy (non-hydrogen) atoms. The van der Waals surface area contributed by atoms with Crippen LogP contribution in [0, 0.1) is 23.2 Å². The molecule has 2 N–H and O–H groups in total. The number of Topliss-reactive ketones (excluding diaryl/α,β-unsaturated/α-hetero) is 1. The van der Waals surface area contributed by atoms with Gasteiger partial charge in [-0.1, -0.05) is 0 Å². The largest absolute Gasteiger partial charge is 0.465 e. The molecule has 0 aromatic carbocycles. The molecule has 9 nitrogen and oxygen atoms in total. The number of aliphatic hydroxyl groups excluding tert-OH is 1. The number of alkyl halides is 2. The van der Waals surface area contributed by atoms with Crippen molar-refractivity contribution in [1.82, 2.24) is 0 Å². The molecule has 0 heterocycles. The minimum Gasteiger partial charge on any atom is -0.462 e. The standard InChI is InChI=1S/C16H20F2O9S/c17-16(18,28(23,24)25)14(22)27-7-11(19)6-26-13(21)15-3-8-1-9(4-15)12(20)10(2-8)5-15/h8-11,19H,1-7H2,(H,23,24,25). The van der Waals surface area contributed by atoms with E-state index in [4.69, 9.17) is 9.29 Å². The van der Waals surface area contributed by atoms with Gasteiger partial charge < -0.3 is 14.6 Å². The van der Waals surface area contributed by atoms with E-state index in [1.807, 2.05) is 0 Å². The zero-order valence-corrected chi connectivity index (χ0v) is 15.5. The van der Waals surface area contributed by atoms with E-state index < -0.39 is 52.0 Å². The number of carbonyl (C=O) groups excluding carboxylic acids is 3. The molecule has 3 atom stereocenters. The zero-order valence-electron chi connectivity index (χ0n) is 14.7. The summed E-state index contributed by atoms with van der Waals surface area (Å²) in [5.74, 6) is -3.00. The van der Waals surface area contributed by atoms with Crippen molar-refractivity contribution in [2.45, 2.75) is 43.5 Å². The lowest BCUT2D eigenvalue weighted by Crippen LogP contribution is -2.55. The molecule has 0 spiro atoms. The van der Waals surface area contributed by atoms with Gasteiger partial charge in [0, 0.05) is 11.8 Å². The van der Waals surface area contributed by atoms with Crippen molar-refractivity contribution in [2.75, 3.05) is 13.2 Å². The van der Waals surface area contributed by atoms with E-state index in [0.717, 1.165) is 12.8 Å². The Kier molecular flexibility index (Phi) is 5.26. The van der Waals surface area contributed by atoms with Crippen molar-refractivity contribution in [3.05, 3.63) is 0 Å². The number of hydrogen-bond acceptors (Lipinski definition) is 8. The van der Waals surface area contributed by atoms with Crippen LogP contribution in [0.4, 0.5) is 8.78 Å². The van der Waals surface area contributed by atoms with Crippen molar-refractivity contribution < 1.29 is 50.7 Å². The number of aliphatic hydroxyl groups is 1. The molecule has 4 aliphatic rings. The lowest BCUT2D eigenvalue weighted by atomic mass is 9.49. The van der Waals surface area contributed by atoms with Crippen LogP contribution in [0.25, 0.3) is 0 Å². The van der Waals surface area contributed by atoms with E-state index in [1.54, 1.807) is 0 Å². The number of halogens is 2. The molecular weight excluding hydrogens is 406 g/mol. The molecule has 4 bridgehead atoms. The normalized spacial score (nSPS) is 32.9. The van der Waals surface area contributed by atoms with Gasteiger partial charge in [-0.15, -0.1) is 0 Å². The van der Waals surface area contributed by atoms with Gasteiger partial charge in [-0.05, 0) is 38.0 Å². The van der Waals surface area contributed by atoms with E-state index in [-0.39, 0.29) is 23.5 Å². The van der Waals surface area contributed by atoms with E-state index in [0.29, 0.717) is 19.3 Å². The summed E-state index contributed by atoms with van der Waals surface area (Å²) in [4.78, 5) is 35.7. The monoisotopic (exact) mass is 426 g/mol. The Balaban J connectivity index is 1.50. The first-order valence-corrected chi connectivity index (χ1v) is 10.2. The SMILES string of the molecule is O=C1C2CC3CC1CC(C(=O)OCC(O)COC(=O)C(F)(F)S(=O)(=O)O)(C3)C2. The molecule has 0 aromatic heterocycles. The van der Waals surface area contributed by atoms with Gasteiger partial charge in [0.1, 0.15) is 25.1 Å². The Labute approximate surface area is 159 Å². The molecule has 0 aromatic rings. The van der Waals surface area contributed by atoms with Crippen LogP contribution in [0.15, 0.2) is 0 Å².